The second-order valence-corrected chi connectivity index (χ2v) is 7.87. The molecule has 0 N–H and O–H groups in total. The van der Waals surface area contributed by atoms with E-state index in [0.717, 1.165) is 30.5 Å². The number of esters is 1. The predicted molar refractivity (Wildman–Crippen MR) is 109 cm³/mol. The van der Waals surface area contributed by atoms with Crippen LogP contribution in [0.1, 0.15) is 110 Å². The van der Waals surface area contributed by atoms with E-state index in [-0.39, 0.29) is 5.97 Å². The number of unbranched alkanes of at least 4 members (excludes halogenated alkanes) is 7. The van der Waals surface area contributed by atoms with Gasteiger partial charge in [-0.2, -0.15) is 0 Å². The van der Waals surface area contributed by atoms with Crippen LogP contribution in [0, 0.1) is 5.92 Å². The number of alkyl halides is 1. The average Bonchev–Trinajstić information content (AvgIpc) is 2.59. The number of rotatable bonds is 18. The van der Waals surface area contributed by atoms with Crippen molar-refractivity contribution in [3.05, 3.63) is 0 Å². The van der Waals surface area contributed by atoms with Crippen LogP contribution in [0.4, 0.5) is 0 Å². The first kappa shape index (κ1) is 23.9. The van der Waals surface area contributed by atoms with E-state index < -0.39 is 0 Å². The van der Waals surface area contributed by atoms with Crippen molar-refractivity contribution in [2.75, 3.05) is 11.9 Å². The lowest BCUT2D eigenvalue weighted by molar-refractivity contribution is -0.143. The van der Waals surface area contributed by atoms with Gasteiger partial charge in [-0.25, -0.2) is 0 Å². The van der Waals surface area contributed by atoms with Crippen LogP contribution in [-0.2, 0) is 9.53 Å². The molecule has 0 saturated carbocycles. The summed E-state index contributed by atoms with van der Waals surface area (Å²) in [5, 5.41) is 1.07. The molecule has 0 aliphatic carbocycles. The molecule has 0 radical (unpaired) electrons. The fourth-order valence-corrected chi connectivity index (χ4v) is 3.53. The number of carbonyl (C=O) groups is 1. The maximum atomic E-state index is 11.8. The second-order valence-electron chi connectivity index (χ2n) is 7.07. The van der Waals surface area contributed by atoms with Crippen LogP contribution in [0.3, 0.4) is 0 Å². The Morgan fingerprint density at radius 2 is 1.42 bits per heavy atom. The third-order valence-corrected chi connectivity index (χ3v) is 5.28. The highest BCUT2D eigenvalue weighted by Gasteiger charge is 2.10. The zero-order valence-corrected chi connectivity index (χ0v) is 17.9. The first-order valence-corrected chi connectivity index (χ1v) is 11.6. The van der Waals surface area contributed by atoms with E-state index in [4.69, 9.17) is 4.74 Å². The Morgan fingerprint density at radius 1 is 0.792 bits per heavy atom. The van der Waals surface area contributed by atoms with E-state index >= 15 is 0 Å². The van der Waals surface area contributed by atoms with Crippen molar-refractivity contribution in [1.29, 1.82) is 0 Å². The molecule has 0 fully saturated rings. The molecule has 0 aromatic heterocycles. The molecule has 0 saturated heterocycles. The minimum absolute atomic E-state index is 0.00992. The van der Waals surface area contributed by atoms with Crippen LogP contribution in [0.25, 0.3) is 0 Å². The van der Waals surface area contributed by atoms with Gasteiger partial charge in [-0.15, -0.1) is 0 Å². The molecule has 24 heavy (non-hydrogen) atoms. The topological polar surface area (TPSA) is 26.3 Å². The highest BCUT2D eigenvalue weighted by atomic mass is 79.9. The van der Waals surface area contributed by atoms with Crippen LogP contribution >= 0.6 is 15.9 Å². The number of carbonyl (C=O) groups excluding carboxylic acids is 1. The molecular formula is C21H41BrO2. The van der Waals surface area contributed by atoms with E-state index in [2.05, 4.69) is 29.8 Å². The molecule has 0 aromatic carbocycles. The van der Waals surface area contributed by atoms with E-state index in [1.165, 1.54) is 70.6 Å². The van der Waals surface area contributed by atoms with Gasteiger partial charge >= 0.3 is 5.97 Å². The maximum absolute atomic E-state index is 11.8. The highest BCUT2D eigenvalue weighted by molar-refractivity contribution is 9.09. The highest BCUT2D eigenvalue weighted by Crippen LogP contribution is 2.23. The molecule has 144 valence electrons. The van der Waals surface area contributed by atoms with Crippen molar-refractivity contribution in [3.8, 4) is 0 Å². The standard InChI is InChI=1S/C21H41BrO2/c1-3-5-7-10-15-20(14-6-4-2)16-13-17-21(23)24-19-12-9-8-11-18-22/h20H,3-19H2,1-2H3. The Labute approximate surface area is 159 Å². The lowest BCUT2D eigenvalue weighted by Crippen LogP contribution is -2.08. The van der Waals surface area contributed by atoms with Crippen LogP contribution in [0.2, 0.25) is 0 Å². The van der Waals surface area contributed by atoms with Gasteiger partial charge in [-0.3, -0.25) is 4.79 Å². The number of halogens is 1. The zero-order chi connectivity index (χ0) is 17.9. The van der Waals surface area contributed by atoms with Crippen molar-refractivity contribution in [3.63, 3.8) is 0 Å². The summed E-state index contributed by atoms with van der Waals surface area (Å²) >= 11 is 3.44. The van der Waals surface area contributed by atoms with Crippen LogP contribution in [-0.4, -0.2) is 17.9 Å². The minimum atomic E-state index is 0.00992. The third-order valence-electron chi connectivity index (χ3n) is 4.72. The molecule has 0 aromatic rings. The molecule has 0 amide bonds. The number of hydrogen-bond acceptors (Lipinski definition) is 2. The Balaban J connectivity index is 3.68. The summed E-state index contributed by atoms with van der Waals surface area (Å²) in [5.41, 5.74) is 0. The average molecular weight is 405 g/mol. The van der Waals surface area contributed by atoms with Gasteiger partial charge in [-0.1, -0.05) is 94.0 Å². The molecule has 0 spiro atoms. The third kappa shape index (κ3) is 16.8. The lowest BCUT2D eigenvalue weighted by atomic mass is 9.90. The number of ether oxygens (including phenoxy) is 1. The van der Waals surface area contributed by atoms with E-state index in [9.17, 15) is 4.79 Å². The van der Waals surface area contributed by atoms with Crippen LogP contribution in [0.15, 0.2) is 0 Å². The van der Waals surface area contributed by atoms with Crippen molar-refractivity contribution >= 4 is 21.9 Å². The fourth-order valence-electron chi connectivity index (χ4n) is 3.13. The van der Waals surface area contributed by atoms with Gasteiger partial charge in [0.05, 0.1) is 6.61 Å². The summed E-state index contributed by atoms with van der Waals surface area (Å²) < 4.78 is 5.35. The van der Waals surface area contributed by atoms with Crippen molar-refractivity contribution in [2.45, 2.75) is 110 Å². The normalized spacial score (nSPS) is 12.3. The molecule has 0 heterocycles. The Morgan fingerprint density at radius 3 is 2.12 bits per heavy atom. The smallest absolute Gasteiger partial charge is 0.305 e. The van der Waals surface area contributed by atoms with Crippen LogP contribution < -0.4 is 0 Å². The van der Waals surface area contributed by atoms with E-state index in [1.807, 2.05) is 0 Å². The Kier molecular flexibility index (Phi) is 19.2. The summed E-state index contributed by atoms with van der Waals surface area (Å²) in [6, 6.07) is 0. The van der Waals surface area contributed by atoms with Crippen molar-refractivity contribution in [2.24, 2.45) is 5.92 Å². The number of hydrogen-bond donors (Lipinski definition) is 0. The summed E-state index contributed by atoms with van der Waals surface area (Å²) in [5.74, 6) is 0.828. The first-order valence-electron chi connectivity index (χ1n) is 10.5. The molecule has 0 bridgehead atoms. The summed E-state index contributed by atoms with van der Waals surface area (Å²) in [6.07, 6.45) is 18.1. The van der Waals surface area contributed by atoms with Crippen LogP contribution in [0.5, 0.6) is 0 Å². The molecule has 1 unspecified atom stereocenters. The van der Waals surface area contributed by atoms with Gasteiger partial charge in [0.2, 0.25) is 0 Å². The molecule has 1 atom stereocenters. The lowest BCUT2D eigenvalue weighted by Gasteiger charge is -2.16. The van der Waals surface area contributed by atoms with E-state index in [1.54, 1.807) is 0 Å². The molecule has 0 rings (SSSR count). The predicted octanol–water partition coefficient (Wildman–Crippen LogP) is 7.43. The zero-order valence-electron chi connectivity index (χ0n) is 16.3. The van der Waals surface area contributed by atoms with Crippen molar-refractivity contribution in [1.82, 2.24) is 0 Å². The molecule has 3 heteroatoms. The SMILES string of the molecule is CCCCCCC(CCCC)CCCC(=O)OCCCCCCBr. The Bertz CT molecular complexity index is 269. The first-order chi connectivity index (χ1) is 11.7. The summed E-state index contributed by atoms with van der Waals surface area (Å²) in [6.45, 7) is 5.14. The molecule has 0 aliphatic rings. The maximum Gasteiger partial charge on any atom is 0.305 e. The van der Waals surface area contributed by atoms with Gasteiger partial charge in [0, 0.05) is 11.8 Å². The fraction of sp³-hybridized carbons (Fsp3) is 0.952. The van der Waals surface area contributed by atoms with Gasteiger partial charge in [0.1, 0.15) is 0 Å². The molecule has 0 aliphatic heterocycles. The second kappa shape index (κ2) is 19.3. The van der Waals surface area contributed by atoms with Gasteiger partial charge < -0.3 is 4.74 Å². The van der Waals surface area contributed by atoms with E-state index in [0.29, 0.717) is 13.0 Å². The molecule has 2 nitrogen and oxygen atoms in total. The monoisotopic (exact) mass is 404 g/mol. The van der Waals surface area contributed by atoms with Gasteiger partial charge in [0.15, 0.2) is 0 Å². The Hall–Kier alpha value is -0.0500. The largest absolute Gasteiger partial charge is 0.466 e. The molecular weight excluding hydrogens is 364 g/mol. The van der Waals surface area contributed by atoms with Gasteiger partial charge in [-0.05, 0) is 31.6 Å². The summed E-state index contributed by atoms with van der Waals surface area (Å²) in [4.78, 5) is 11.8. The summed E-state index contributed by atoms with van der Waals surface area (Å²) in [7, 11) is 0. The van der Waals surface area contributed by atoms with Crippen molar-refractivity contribution < 1.29 is 9.53 Å². The minimum Gasteiger partial charge on any atom is -0.466 e. The van der Waals surface area contributed by atoms with Gasteiger partial charge in [0.25, 0.3) is 0 Å². The quantitative estimate of drug-likeness (QED) is 0.135.